The summed E-state index contributed by atoms with van der Waals surface area (Å²) in [5.74, 6) is 1.49. The zero-order valence-electron chi connectivity index (χ0n) is 19.4. The van der Waals surface area contributed by atoms with E-state index >= 15 is 0 Å². The van der Waals surface area contributed by atoms with E-state index < -0.39 is 10.0 Å². The zero-order valence-corrected chi connectivity index (χ0v) is 20.2. The highest BCUT2D eigenvalue weighted by molar-refractivity contribution is 7.89. The van der Waals surface area contributed by atoms with Crippen LogP contribution in [0.1, 0.15) is 55.2 Å². The van der Waals surface area contributed by atoms with Crippen molar-refractivity contribution in [1.29, 1.82) is 0 Å². The number of hydrazone groups is 1. The minimum atomic E-state index is -3.71. The maximum absolute atomic E-state index is 12.8. The fraction of sp³-hybridized carbons (Fsp3) is 0.500. The number of phenols is 1. The Kier molecular flexibility index (Phi) is 5.52. The number of hydrogen-bond acceptors (Lipinski definition) is 5. The molecule has 33 heavy (non-hydrogen) atoms. The fourth-order valence-electron chi connectivity index (χ4n) is 6.70. The molecule has 0 aromatic heterocycles. The number of rotatable bonds is 4. The molecule has 2 aromatic rings. The lowest BCUT2D eigenvalue weighted by molar-refractivity contribution is -0.0394. The number of nitrogens with one attached hydrogen (secondary N) is 1. The van der Waals surface area contributed by atoms with Gasteiger partial charge in [0.25, 0.3) is 10.0 Å². The van der Waals surface area contributed by atoms with Crippen molar-refractivity contribution in [2.75, 3.05) is 7.11 Å². The van der Waals surface area contributed by atoms with Crippen LogP contribution in [0, 0.1) is 24.2 Å². The van der Waals surface area contributed by atoms with E-state index in [9.17, 15) is 13.5 Å². The summed E-state index contributed by atoms with van der Waals surface area (Å²) < 4.78 is 31.7. The Hall–Kier alpha value is -2.38. The van der Waals surface area contributed by atoms with Crippen molar-refractivity contribution in [3.8, 4) is 5.75 Å². The molecule has 6 nitrogen and oxygen atoms in total. The summed E-state index contributed by atoms with van der Waals surface area (Å²) in [6.45, 7) is 4.16. The van der Waals surface area contributed by atoms with Crippen molar-refractivity contribution in [3.63, 3.8) is 0 Å². The van der Waals surface area contributed by atoms with Crippen LogP contribution in [0.15, 0.2) is 52.5 Å². The molecule has 0 spiro atoms. The highest BCUT2D eigenvalue weighted by Gasteiger charge is 2.57. The Bertz CT molecular complexity index is 1190. The van der Waals surface area contributed by atoms with E-state index in [4.69, 9.17) is 4.74 Å². The van der Waals surface area contributed by atoms with Gasteiger partial charge in [-0.3, -0.25) is 0 Å². The second-order valence-corrected chi connectivity index (χ2v) is 11.8. The van der Waals surface area contributed by atoms with Crippen molar-refractivity contribution >= 4 is 15.7 Å². The Balaban J connectivity index is 1.44. The van der Waals surface area contributed by atoms with E-state index in [-0.39, 0.29) is 16.4 Å². The van der Waals surface area contributed by atoms with Crippen LogP contribution in [0.5, 0.6) is 5.75 Å². The van der Waals surface area contributed by atoms with Crippen LogP contribution in [0.4, 0.5) is 0 Å². The van der Waals surface area contributed by atoms with Gasteiger partial charge in [0.05, 0.1) is 11.0 Å². The first-order chi connectivity index (χ1) is 15.7. The molecule has 176 valence electrons. The van der Waals surface area contributed by atoms with Crippen molar-refractivity contribution in [1.82, 2.24) is 4.83 Å². The summed E-state index contributed by atoms with van der Waals surface area (Å²) in [4.78, 5) is 2.74. The number of methoxy groups -OCH3 is 1. The van der Waals surface area contributed by atoms with E-state index in [1.165, 1.54) is 11.1 Å². The summed E-state index contributed by atoms with van der Waals surface area (Å²) in [5.41, 5.74) is 4.26. The number of ether oxygens (including phenoxy) is 1. The fourth-order valence-corrected chi connectivity index (χ4v) is 7.53. The average Bonchev–Trinajstić information content (AvgIpc) is 3.13. The second kappa shape index (κ2) is 8.13. The molecule has 0 heterocycles. The third-order valence-corrected chi connectivity index (χ3v) is 9.57. The van der Waals surface area contributed by atoms with Gasteiger partial charge >= 0.3 is 0 Å². The molecule has 3 aliphatic rings. The lowest BCUT2D eigenvalue weighted by atomic mass is 9.54. The third kappa shape index (κ3) is 3.75. The Morgan fingerprint density at radius 3 is 2.61 bits per heavy atom. The normalized spacial score (nSPS) is 32.2. The molecule has 0 bridgehead atoms. The number of benzene rings is 2. The van der Waals surface area contributed by atoms with Gasteiger partial charge < -0.3 is 9.84 Å². The molecule has 0 unspecified atom stereocenters. The van der Waals surface area contributed by atoms with E-state index in [1.54, 1.807) is 37.4 Å². The lowest BCUT2D eigenvalue weighted by Gasteiger charge is -2.52. The Labute approximate surface area is 196 Å². The van der Waals surface area contributed by atoms with Gasteiger partial charge in [0.1, 0.15) is 5.75 Å². The number of fused-ring (bicyclic) bond motifs is 5. The highest BCUT2D eigenvalue weighted by Crippen LogP contribution is 2.60. The first-order valence-corrected chi connectivity index (χ1v) is 13.2. The summed E-state index contributed by atoms with van der Waals surface area (Å²) in [5, 5.41) is 14.5. The van der Waals surface area contributed by atoms with Crippen LogP contribution in [-0.2, 0) is 21.2 Å². The van der Waals surface area contributed by atoms with Gasteiger partial charge in [0.15, 0.2) is 0 Å². The average molecular weight is 469 g/mol. The van der Waals surface area contributed by atoms with E-state index in [1.807, 2.05) is 13.0 Å². The standard InChI is InChI=1S/C26H32N2O4S/c1-16-4-8-19(9-5-16)33(30,31)28-27-24-13-12-22-21-10-6-17-14-18(29)7-11-20(17)25(21)23(32-3)15-26(22,24)2/h4-5,7-9,11,14,21-23,25,28-29H,6,10,12-13,15H2,1-3H3/t21-,22-,23-,25+,26-/m0/s1. The molecule has 7 heteroatoms. The van der Waals surface area contributed by atoms with E-state index in [2.05, 4.69) is 22.9 Å². The predicted molar refractivity (Wildman–Crippen MR) is 128 cm³/mol. The molecule has 0 saturated heterocycles. The lowest BCUT2D eigenvalue weighted by Crippen LogP contribution is -2.49. The van der Waals surface area contributed by atoms with Gasteiger partial charge in [0.2, 0.25) is 0 Å². The molecule has 2 aromatic carbocycles. The summed E-state index contributed by atoms with van der Waals surface area (Å²) >= 11 is 0. The third-order valence-electron chi connectivity index (χ3n) is 8.34. The van der Waals surface area contributed by atoms with Gasteiger partial charge in [0, 0.05) is 24.2 Å². The topological polar surface area (TPSA) is 88.0 Å². The minimum Gasteiger partial charge on any atom is -0.508 e. The Morgan fingerprint density at radius 1 is 1.12 bits per heavy atom. The summed E-state index contributed by atoms with van der Waals surface area (Å²) in [7, 11) is -1.94. The molecule has 0 amide bonds. The van der Waals surface area contributed by atoms with Gasteiger partial charge in [-0.1, -0.05) is 30.7 Å². The summed E-state index contributed by atoms with van der Waals surface area (Å²) in [6.07, 6.45) is 4.62. The van der Waals surface area contributed by atoms with Gasteiger partial charge in [-0.25, -0.2) is 4.83 Å². The van der Waals surface area contributed by atoms with Crippen LogP contribution in [0.25, 0.3) is 0 Å². The highest BCUT2D eigenvalue weighted by atomic mass is 32.2. The van der Waals surface area contributed by atoms with Crippen LogP contribution in [0.3, 0.4) is 0 Å². The van der Waals surface area contributed by atoms with E-state index in [0.29, 0.717) is 23.5 Å². The molecular weight excluding hydrogens is 436 g/mol. The van der Waals surface area contributed by atoms with E-state index in [0.717, 1.165) is 43.4 Å². The maximum Gasteiger partial charge on any atom is 0.276 e. The minimum absolute atomic E-state index is 0.0249. The molecule has 0 radical (unpaired) electrons. The Morgan fingerprint density at radius 2 is 1.88 bits per heavy atom. The number of aryl methyl sites for hydroxylation is 2. The molecule has 3 aliphatic carbocycles. The van der Waals surface area contributed by atoms with Crippen molar-refractivity contribution in [2.24, 2.45) is 22.4 Å². The number of phenolic OH excluding ortho intramolecular Hbond substituents is 1. The number of sulfonamides is 1. The van der Waals surface area contributed by atoms with Crippen LogP contribution in [-0.4, -0.2) is 32.4 Å². The van der Waals surface area contributed by atoms with Gasteiger partial charge in [-0.2, -0.15) is 13.5 Å². The van der Waals surface area contributed by atoms with Gasteiger partial charge in [-0.05, 0) is 86.3 Å². The maximum atomic E-state index is 12.8. The second-order valence-electron chi connectivity index (χ2n) is 10.1. The van der Waals surface area contributed by atoms with Crippen molar-refractivity contribution in [2.45, 2.75) is 62.9 Å². The predicted octanol–water partition coefficient (Wildman–Crippen LogP) is 4.52. The van der Waals surface area contributed by atoms with Gasteiger partial charge in [-0.15, -0.1) is 0 Å². The molecule has 5 rings (SSSR count). The molecule has 5 atom stereocenters. The summed E-state index contributed by atoms with van der Waals surface area (Å²) in [6, 6.07) is 12.5. The molecule has 2 fully saturated rings. The first kappa shape index (κ1) is 22.4. The molecule has 0 aliphatic heterocycles. The van der Waals surface area contributed by atoms with Crippen molar-refractivity contribution < 1.29 is 18.3 Å². The molecule has 2 N–H and O–H groups in total. The van der Waals surface area contributed by atoms with Crippen LogP contribution >= 0.6 is 0 Å². The monoisotopic (exact) mass is 468 g/mol. The van der Waals surface area contributed by atoms with Crippen LogP contribution < -0.4 is 4.83 Å². The van der Waals surface area contributed by atoms with Crippen molar-refractivity contribution in [3.05, 3.63) is 59.2 Å². The molecule has 2 saturated carbocycles. The number of nitrogens with zero attached hydrogens (tertiary/aromatic N) is 1. The molecular formula is C26H32N2O4S. The first-order valence-electron chi connectivity index (χ1n) is 11.7. The smallest absolute Gasteiger partial charge is 0.276 e. The zero-order chi connectivity index (χ0) is 23.4. The quantitative estimate of drug-likeness (QED) is 0.646. The number of aromatic hydroxyl groups is 1. The van der Waals surface area contributed by atoms with Crippen LogP contribution in [0.2, 0.25) is 0 Å². The largest absolute Gasteiger partial charge is 0.508 e. The SMILES string of the molecule is CO[C@H]1C[C@]2(C)C(=NNS(=O)(=O)c3ccc(C)cc3)CC[C@H]2[C@@H]2CCc3cc(O)ccc3[C@H]21. The number of hydrogen-bond donors (Lipinski definition) is 2.